The summed E-state index contributed by atoms with van der Waals surface area (Å²) in [7, 11) is 0. The van der Waals surface area contributed by atoms with Gasteiger partial charge in [-0.05, 0) is 35.9 Å². The van der Waals surface area contributed by atoms with Gasteiger partial charge in [0.1, 0.15) is 11.9 Å². The van der Waals surface area contributed by atoms with E-state index < -0.39 is 0 Å². The predicted octanol–water partition coefficient (Wildman–Crippen LogP) is 4.81. The highest BCUT2D eigenvalue weighted by atomic mass is 79.9. The van der Waals surface area contributed by atoms with Crippen molar-refractivity contribution in [2.24, 2.45) is 0 Å². The van der Waals surface area contributed by atoms with Crippen molar-refractivity contribution in [3.63, 3.8) is 0 Å². The number of carbonyl (C=O) groups excluding carboxylic acids is 1. The van der Waals surface area contributed by atoms with Gasteiger partial charge in [0, 0.05) is 9.50 Å². The summed E-state index contributed by atoms with van der Waals surface area (Å²) in [6.45, 7) is 0. The quantitative estimate of drug-likeness (QED) is 0.746. The van der Waals surface area contributed by atoms with E-state index in [4.69, 9.17) is 16.3 Å². The number of hydrogen-bond donors (Lipinski definition) is 0. The molecule has 1 aliphatic heterocycles. The molecule has 0 amide bonds. The molecular formula is C15H10BrClO2. The van der Waals surface area contributed by atoms with E-state index in [0.717, 1.165) is 10.0 Å². The first-order valence-electron chi connectivity index (χ1n) is 5.88. The summed E-state index contributed by atoms with van der Waals surface area (Å²) in [6, 6.07) is 12.9. The van der Waals surface area contributed by atoms with Crippen LogP contribution in [0.2, 0.25) is 5.02 Å². The lowest BCUT2D eigenvalue weighted by Gasteiger charge is -2.25. The summed E-state index contributed by atoms with van der Waals surface area (Å²) in [5.74, 6) is 0.738. The lowest BCUT2D eigenvalue weighted by atomic mass is 9.96. The second-order valence-electron chi connectivity index (χ2n) is 4.43. The van der Waals surface area contributed by atoms with Crippen molar-refractivity contribution < 1.29 is 9.53 Å². The topological polar surface area (TPSA) is 26.3 Å². The fraction of sp³-hybridized carbons (Fsp3) is 0.133. The van der Waals surface area contributed by atoms with Gasteiger partial charge < -0.3 is 4.74 Å². The molecule has 0 N–H and O–H groups in total. The van der Waals surface area contributed by atoms with Crippen LogP contribution in [0.4, 0.5) is 0 Å². The number of fused-ring (bicyclic) bond motifs is 1. The monoisotopic (exact) mass is 336 g/mol. The molecule has 0 fully saturated rings. The molecule has 1 unspecified atom stereocenters. The van der Waals surface area contributed by atoms with Crippen molar-refractivity contribution in [1.29, 1.82) is 0 Å². The molecule has 1 aliphatic rings. The third-order valence-corrected chi connectivity index (χ3v) is 3.87. The Balaban J connectivity index is 1.95. The minimum atomic E-state index is -0.238. The summed E-state index contributed by atoms with van der Waals surface area (Å²) in [4.78, 5) is 12.2. The molecule has 4 heteroatoms. The zero-order valence-electron chi connectivity index (χ0n) is 9.90. The minimum absolute atomic E-state index is 0.0995. The Morgan fingerprint density at radius 1 is 1.16 bits per heavy atom. The maximum absolute atomic E-state index is 12.2. The highest BCUT2D eigenvalue weighted by Gasteiger charge is 2.27. The van der Waals surface area contributed by atoms with Crippen molar-refractivity contribution >= 4 is 33.3 Å². The third-order valence-electron chi connectivity index (χ3n) is 3.12. The van der Waals surface area contributed by atoms with Crippen LogP contribution in [0.3, 0.4) is 0 Å². The number of carbonyl (C=O) groups is 1. The number of rotatable bonds is 1. The highest BCUT2D eigenvalue weighted by molar-refractivity contribution is 9.10. The molecule has 0 radical (unpaired) electrons. The molecule has 1 heterocycles. The van der Waals surface area contributed by atoms with Crippen molar-refractivity contribution in [3.8, 4) is 5.75 Å². The Morgan fingerprint density at radius 2 is 1.89 bits per heavy atom. The molecule has 96 valence electrons. The molecule has 0 aromatic heterocycles. The van der Waals surface area contributed by atoms with Crippen LogP contribution in [0, 0.1) is 0 Å². The smallest absolute Gasteiger partial charge is 0.170 e. The van der Waals surface area contributed by atoms with Crippen molar-refractivity contribution in [2.75, 3.05) is 0 Å². The van der Waals surface area contributed by atoms with Crippen LogP contribution in [0.25, 0.3) is 0 Å². The molecule has 2 aromatic rings. The first-order chi connectivity index (χ1) is 9.13. The summed E-state index contributed by atoms with van der Waals surface area (Å²) >= 11 is 9.23. The SMILES string of the molecule is O=C1CC(c2ccc(Cl)cc2)Oc2ccc(Br)cc21. The predicted molar refractivity (Wildman–Crippen MR) is 77.9 cm³/mol. The van der Waals surface area contributed by atoms with E-state index in [2.05, 4.69) is 15.9 Å². The number of hydrogen-bond acceptors (Lipinski definition) is 2. The number of benzene rings is 2. The van der Waals surface area contributed by atoms with Crippen LogP contribution in [-0.2, 0) is 0 Å². The largest absolute Gasteiger partial charge is 0.484 e. The Bertz CT molecular complexity index is 637. The van der Waals surface area contributed by atoms with Gasteiger partial charge in [-0.3, -0.25) is 4.79 Å². The van der Waals surface area contributed by atoms with E-state index in [-0.39, 0.29) is 11.9 Å². The van der Waals surface area contributed by atoms with Gasteiger partial charge in [-0.15, -0.1) is 0 Å². The molecule has 1 atom stereocenters. The van der Waals surface area contributed by atoms with Gasteiger partial charge in [0.05, 0.1) is 12.0 Å². The summed E-state index contributed by atoms with van der Waals surface area (Å²) in [5, 5.41) is 0.676. The first-order valence-corrected chi connectivity index (χ1v) is 7.05. The van der Waals surface area contributed by atoms with E-state index in [9.17, 15) is 4.79 Å². The standard InChI is InChI=1S/C15H10BrClO2/c16-10-3-6-14-12(7-10)13(18)8-15(19-14)9-1-4-11(17)5-2-9/h1-7,15H,8H2. The average Bonchev–Trinajstić information content (AvgIpc) is 2.40. The number of ether oxygens (including phenoxy) is 1. The number of halogens is 2. The van der Waals surface area contributed by atoms with Crippen LogP contribution < -0.4 is 4.74 Å². The van der Waals surface area contributed by atoms with E-state index in [1.165, 1.54) is 0 Å². The average molecular weight is 338 g/mol. The van der Waals surface area contributed by atoms with Crippen LogP contribution in [0.15, 0.2) is 46.9 Å². The van der Waals surface area contributed by atoms with Gasteiger partial charge in [0.2, 0.25) is 0 Å². The highest BCUT2D eigenvalue weighted by Crippen LogP contribution is 2.36. The maximum atomic E-state index is 12.2. The van der Waals surface area contributed by atoms with Crippen LogP contribution in [0.1, 0.15) is 28.4 Å². The molecule has 2 aromatic carbocycles. The van der Waals surface area contributed by atoms with E-state index >= 15 is 0 Å². The van der Waals surface area contributed by atoms with Gasteiger partial charge >= 0.3 is 0 Å². The zero-order valence-corrected chi connectivity index (χ0v) is 12.2. The Morgan fingerprint density at radius 3 is 2.63 bits per heavy atom. The summed E-state index contributed by atoms with van der Waals surface area (Å²) in [5.41, 5.74) is 1.60. The normalized spacial score (nSPS) is 17.8. The van der Waals surface area contributed by atoms with Crippen LogP contribution in [0.5, 0.6) is 5.75 Å². The molecule has 0 bridgehead atoms. The second kappa shape index (κ2) is 4.99. The van der Waals surface area contributed by atoms with Gasteiger partial charge in [-0.2, -0.15) is 0 Å². The van der Waals surface area contributed by atoms with E-state index in [1.807, 2.05) is 36.4 Å². The Kier molecular flexibility index (Phi) is 3.33. The molecule has 0 spiro atoms. The lowest BCUT2D eigenvalue weighted by Crippen LogP contribution is -2.20. The fourth-order valence-corrected chi connectivity index (χ4v) is 2.65. The van der Waals surface area contributed by atoms with E-state index in [0.29, 0.717) is 22.8 Å². The zero-order chi connectivity index (χ0) is 13.4. The van der Waals surface area contributed by atoms with Gasteiger partial charge in [-0.1, -0.05) is 39.7 Å². The fourth-order valence-electron chi connectivity index (χ4n) is 2.16. The molecule has 19 heavy (non-hydrogen) atoms. The minimum Gasteiger partial charge on any atom is -0.484 e. The first kappa shape index (κ1) is 12.7. The summed E-state index contributed by atoms with van der Waals surface area (Å²) < 4.78 is 6.78. The van der Waals surface area contributed by atoms with Gasteiger partial charge in [0.25, 0.3) is 0 Å². The molecule has 0 saturated carbocycles. The molecule has 3 rings (SSSR count). The molecular weight excluding hydrogens is 328 g/mol. The number of ketones is 1. The Hall–Kier alpha value is -1.32. The van der Waals surface area contributed by atoms with Crippen molar-refractivity contribution in [3.05, 3.63) is 63.1 Å². The van der Waals surface area contributed by atoms with E-state index in [1.54, 1.807) is 6.07 Å². The van der Waals surface area contributed by atoms with Crippen LogP contribution in [-0.4, -0.2) is 5.78 Å². The maximum Gasteiger partial charge on any atom is 0.170 e. The molecule has 0 saturated heterocycles. The van der Waals surface area contributed by atoms with Crippen LogP contribution >= 0.6 is 27.5 Å². The van der Waals surface area contributed by atoms with Crippen molar-refractivity contribution in [1.82, 2.24) is 0 Å². The third kappa shape index (κ3) is 2.53. The number of Topliss-reactive ketones (excluding diaryl/α,β-unsaturated/α-hetero) is 1. The Labute approximate surface area is 124 Å². The van der Waals surface area contributed by atoms with Crippen molar-refractivity contribution in [2.45, 2.75) is 12.5 Å². The lowest BCUT2D eigenvalue weighted by molar-refractivity contribution is 0.0850. The molecule has 2 nitrogen and oxygen atoms in total. The van der Waals surface area contributed by atoms with Gasteiger partial charge in [-0.25, -0.2) is 0 Å². The summed E-state index contributed by atoms with van der Waals surface area (Å²) in [6.07, 6.45) is 0.115. The van der Waals surface area contributed by atoms with Gasteiger partial charge in [0.15, 0.2) is 5.78 Å². The second-order valence-corrected chi connectivity index (χ2v) is 5.78. The molecule has 0 aliphatic carbocycles.